The van der Waals surface area contributed by atoms with Gasteiger partial charge in [0.05, 0.1) is 12.0 Å². The number of nitrogens with zero attached hydrogens (tertiary/aromatic N) is 2. The fraction of sp³-hybridized carbons (Fsp3) is 0.545. The van der Waals surface area contributed by atoms with Crippen LogP contribution in [0.5, 0.6) is 0 Å². The lowest BCUT2D eigenvalue weighted by molar-refractivity contribution is 0.592. The predicted octanol–water partition coefficient (Wildman–Crippen LogP) is 2.31. The molecule has 0 aliphatic heterocycles. The Bertz CT molecular complexity index is 312. The third-order valence-corrected chi connectivity index (χ3v) is 2.41. The molecule has 0 amide bonds. The van der Waals surface area contributed by atoms with Crippen LogP contribution in [-0.2, 0) is 6.54 Å². The topological polar surface area (TPSA) is 43.8 Å². The van der Waals surface area contributed by atoms with Crippen LogP contribution in [0.4, 0.5) is 0 Å². The van der Waals surface area contributed by atoms with Crippen LogP contribution in [0.25, 0.3) is 5.70 Å². The molecule has 0 radical (unpaired) electrons. The third-order valence-electron chi connectivity index (χ3n) is 2.41. The average molecular weight is 193 g/mol. The molecule has 3 heteroatoms. The molecule has 0 aromatic carbocycles. The van der Waals surface area contributed by atoms with Crippen molar-refractivity contribution < 1.29 is 0 Å². The molecule has 14 heavy (non-hydrogen) atoms. The van der Waals surface area contributed by atoms with Gasteiger partial charge in [-0.15, -0.1) is 0 Å². The molecule has 0 saturated heterocycles. The number of unbranched alkanes of at least 4 members (excludes halogenated alkanes) is 2. The highest BCUT2D eigenvalue weighted by Crippen LogP contribution is 2.12. The Morgan fingerprint density at radius 3 is 2.79 bits per heavy atom. The quantitative estimate of drug-likeness (QED) is 0.729. The third kappa shape index (κ3) is 2.37. The van der Waals surface area contributed by atoms with Crippen LogP contribution in [0.15, 0.2) is 12.9 Å². The maximum Gasteiger partial charge on any atom is 0.106 e. The standard InChI is InChI=1S/C11H19N3/c1-4-5-6-7-14-8-13-11(9(2)12)10(14)3/h8H,2,4-7,12H2,1,3H3. The Balaban J connectivity index is 2.65. The van der Waals surface area contributed by atoms with Crippen LogP contribution >= 0.6 is 0 Å². The Morgan fingerprint density at radius 1 is 1.57 bits per heavy atom. The summed E-state index contributed by atoms with van der Waals surface area (Å²) in [6.45, 7) is 8.96. The van der Waals surface area contributed by atoms with Gasteiger partial charge in [0, 0.05) is 12.2 Å². The Hall–Kier alpha value is -1.25. The van der Waals surface area contributed by atoms with Gasteiger partial charge in [0.2, 0.25) is 0 Å². The normalized spacial score (nSPS) is 10.4. The van der Waals surface area contributed by atoms with E-state index in [9.17, 15) is 0 Å². The largest absolute Gasteiger partial charge is 0.397 e. The molecule has 0 atom stereocenters. The van der Waals surface area contributed by atoms with Gasteiger partial charge in [0.15, 0.2) is 0 Å². The number of aromatic nitrogens is 2. The van der Waals surface area contributed by atoms with Crippen LogP contribution in [0, 0.1) is 6.92 Å². The van der Waals surface area contributed by atoms with Crippen LogP contribution in [0.3, 0.4) is 0 Å². The van der Waals surface area contributed by atoms with Crippen LogP contribution < -0.4 is 5.73 Å². The van der Waals surface area contributed by atoms with E-state index in [1.807, 2.05) is 13.3 Å². The first-order valence-corrected chi connectivity index (χ1v) is 5.13. The van der Waals surface area contributed by atoms with Crippen molar-refractivity contribution in [3.63, 3.8) is 0 Å². The minimum Gasteiger partial charge on any atom is -0.397 e. The summed E-state index contributed by atoms with van der Waals surface area (Å²) in [5.74, 6) is 0. The van der Waals surface area contributed by atoms with E-state index in [2.05, 4.69) is 23.1 Å². The molecule has 1 heterocycles. The Kier molecular flexibility index (Phi) is 3.74. The molecule has 1 aromatic heterocycles. The van der Waals surface area contributed by atoms with Crippen molar-refractivity contribution >= 4 is 5.70 Å². The predicted molar refractivity (Wildman–Crippen MR) is 59.7 cm³/mol. The zero-order valence-corrected chi connectivity index (χ0v) is 9.08. The number of aryl methyl sites for hydroxylation is 1. The fourth-order valence-electron chi connectivity index (χ4n) is 1.52. The Morgan fingerprint density at radius 2 is 2.29 bits per heavy atom. The molecule has 0 spiro atoms. The van der Waals surface area contributed by atoms with Gasteiger partial charge in [-0.1, -0.05) is 26.3 Å². The van der Waals surface area contributed by atoms with Crippen LogP contribution in [0.1, 0.15) is 37.6 Å². The van der Waals surface area contributed by atoms with E-state index in [0.29, 0.717) is 5.70 Å². The zero-order chi connectivity index (χ0) is 10.6. The summed E-state index contributed by atoms with van der Waals surface area (Å²) in [5, 5.41) is 0. The van der Waals surface area contributed by atoms with E-state index in [0.717, 1.165) is 17.9 Å². The first-order valence-electron chi connectivity index (χ1n) is 5.13. The van der Waals surface area contributed by atoms with Crippen molar-refractivity contribution in [2.24, 2.45) is 5.73 Å². The highest BCUT2D eigenvalue weighted by Gasteiger charge is 2.06. The average Bonchev–Trinajstić information content (AvgIpc) is 2.48. The van der Waals surface area contributed by atoms with Gasteiger partial charge in [-0.05, 0) is 13.3 Å². The van der Waals surface area contributed by atoms with Gasteiger partial charge in [-0.2, -0.15) is 0 Å². The molecule has 0 saturated carbocycles. The summed E-state index contributed by atoms with van der Waals surface area (Å²) >= 11 is 0. The van der Waals surface area contributed by atoms with Crippen molar-refractivity contribution in [1.29, 1.82) is 0 Å². The summed E-state index contributed by atoms with van der Waals surface area (Å²) < 4.78 is 2.14. The molecular formula is C11H19N3. The van der Waals surface area contributed by atoms with Crippen LogP contribution in [-0.4, -0.2) is 9.55 Å². The van der Waals surface area contributed by atoms with E-state index >= 15 is 0 Å². The zero-order valence-electron chi connectivity index (χ0n) is 9.08. The fourth-order valence-corrected chi connectivity index (χ4v) is 1.52. The van der Waals surface area contributed by atoms with Crippen molar-refractivity contribution in [1.82, 2.24) is 9.55 Å². The molecular weight excluding hydrogens is 174 g/mol. The number of hydrogen-bond donors (Lipinski definition) is 1. The van der Waals surface area contributed by atoms with Gasteiger partial charge in [-0.25, -0.2) is 4.98 Å². The number of nitrogens with two attached hydrogens (primary N) is 1. The van der Waals surface area contributed by atoms with E-state index < -0.39 is 0 Å². The molecule has 78 valence electrons. The minimum atomic E-state index is 0.553. The second-order valence-corrected chi connectivity index (χ2v) is 3.60. The number of rotatable bonds is 5. The highest BCUT2D eigenvalue weighted by molar-refractivity contribution is 5.58. The van der Waals surface area contributed by atoms with E-state index in [1.54, 1.807) is 0 Å². The molecule has 2 N–H and O–H groups in total. The van der Waals surface area contributed by atoms with Crippen LogP contribution in [0.2, 0.25) is 0 Å². The summed E-state index contributed by atoms with van der Waals surface area (Å²) in [5.41, 5.74) is 8.12. The lowest BCUT2D eigenvalue weighted by Crippen LogP contribution is -2.01. The lowest BCUT2D eigenvalue weighted by atomic mass is 10.2. The van der Waals surface area contributed by atoms with Gasteiger partial charge >= 0.3 is 0 Å². The summed E-state index contributed by atoms with van der Waals surface area (Å²) in [6.07, 6.45) is 5.54. The Labute approximate surface area is 85.6 Å². The van der Waals surface area contributed by atoms with Gasteiger partial charge < -0.3 is 10.3 Å². The first-order chi connectivity index (χ1) is 6.66. The van der Waals surface area contributed by atoms with Gasteiger partial charge in [0.25, 0.3) is 0 Å². The molecule has 0 unspecified atom stereocenters. The maximum absolute atomic E-state index is 5.61. The maximum atomic E-state index is 5.61. The SMILES string of the molecule is C=C(N)c1ncn(CCCCC)c1C. The number of imidazole rings is 1. The molecule has 1 rings (SSSR count). The van der Waals surface area contributed by atoms with Crippen molar-refractivity contribution in [3.8, 4) is 0 Å². The van der Waals surface area contributed by atoms with E-state index in [4.69, 9.17) is 5.73 Å². The minimum absolute atomic E-state index is 0.553. The molecule has 0 fully saturated rings. The van der Waals surface area contributed by atoms with Gasteiger partial charge in [-0.3, -0.25) is 0 Å². The highest BCUT2D eigenvalue weighted by atomic mass is 15.1. The molecule has 0 aliphatic rings. The molecule has 0 aliphatic carbocycles. The smallest absolute Gasteiger partial charge is 0.106 e. The first kappa shape index (κ1) is 10.8. The molecule has 0 bridgehead atoms. The monoisotopic (exact) mass is 193 g/mol. The molecule has 3 nitrogen and oxygen atoms in total. The summed E-state index contributed by atoms with van der Waals surface area (Å²) in [7, 11) is 0. The lowest BCUT2D eigenvalue weighted by Gasteiger charge is -2.04. The number of hydrogen-bond acceptors (Lipinski definition) is 2. The van der Waals surface area contributed by atoms with Crippen molar-refractivity contribution in [2.75, 3.05) is 0 Å². The summed E-state index contributed by atoms with van der Waals surface area (Å²) in [6, 6.07) is 0. The second-order valence-electron chi connectivity index (χ2n) is 3.60. The van der Waals surface area contributed by atoms with Crippen molar-refractivity contribution in [2.45, 2.75) is 39.7 Å². The summed E-state index contributed by atoms with van der Waals surface area (Å²) in [4.78, 5) is 4.23. The van der Waals surface area contributed by atoms with E-state index in [-0.39, 0.29) is 0 Å². The second kappa shape index (κ2) is 4.84. The van der Waals surface area contributed by atoms with Gasteiger partial charge in [0.1, 0.15) is 5.69 Å². The molecule has 1 aromatic rings. The van der Waals surface area contributed by atoms with Crippen molar-refractivity contribution in [3.05, 3.63) is 24.3 Å². The van der Waals surface area contributed by atoms with E-state index in [1.165, 1.54) is 19.3 Å².